The van der Waals surface area contributed by atoms with Crippen molar-refractivity contribution in [3.05, 3.63) is 50.6 Å². The highest BCUT2D eigenvalue weighted by molar-refractivity contribution is 14.1. The fraction of sp³-hybridized carbons (Fsp3) is 0.421. The van der Waals surface area contributed by atoms with Crippen LogP contribution in [0.4, 0.5) is 0 Å². The lowest BCUT2D eigenvalue weighted by molar-refractivity contribution is -0.113. The molecule has 0 saturated heterocycles. The van der Waals surface area contributed by atoms with Crippen LogP contribution in [0.5, 0.6) is 0 Å². The highest BCUT2D eigenvalue weighted by Crippen LogP contribution is 2.51. The van der Waals surface area contributed by atoms with Gasteiger partial charge in [0.25, 0.3) is 0 Å². The van der Waals surface area contributed by atoms with Crippen LogP contribution in [0.15, 0.2) is 41.5 Å². The molecule has 0 bridgehead atoms. The number of hydrogen-bond acceptors (Lipinski definition) is 2. The Labute approximate surface area is 145 Å². The number of benzene rings is 1. The lowest BCUT2D eigenvalue weighted by atomic mass is 9.57. The van der Waals surface area contributed by atoms with Gasteiger partial charge in [-0.25, -0.2) is 0 Å². The number of carbonyl (C=O) groups is 1. The molecule has 22 heavy (non-hydrogen) atoms. The average Bonchev–Trinajstić information content (AvgIpc) is 2.49. The summed E-state index contributed by atoms with van der Waals surface area (Å²) in [5, 5.41) is 10.6. The highest BCUT2D eigenvalue weighted by atomic mass is 127. The van der Waals surface area contributed by atoms with Crippen LogP contribution in [-0.2, 0) is 4.79 Å². The van der Waals surface area contributed by atoms with E-state index in [0.717, 1.165) is 36.0 Å². The minimum Gasteiger partial charge on any atom is -0.392 e. The second-order valence-electron chi connectivity index (χ2n) is 6.60. The summed E-state index contributed by atoms with van der Waals surface area (Å²) in [7, 11) is 0. The molecule has 0 aromatic heterocycles. The van der Waals surface area contributed by atoms with Crippen LogP contribution >= 0.6 is 22.6 Å². The van der Waals surface area contributed by atoms with E-state index < -0.39 is 0 Å². The number of aliphatic hydroxyl groups is 1. The number of fused-ring (bicyclic) bond motifs is 1. The number of aliphatic hydroxyl groups excluding tert-OH is 1. The summed E-state index contributed by atoms with van der Waals surface area (Å²) in [4.78, 5) is 12.6. The molecular formula is C19H21IO2. The van der Waals surface area contributed by atoms with E-state index >= 15 is 0 Å². The molecule has 3 heteroatoms. The van der Waals surface area contributed by atoms with E-state index in [1.54, 1.807) is 6.08 Å². The molecule has 0 aliphatic heterocycles. The summed E-state index contributed by atoms with van der Waals surface area (Å²) in [6.45, 7) is 4.19. The first-order chi connectivity index (χ1) is 10.4. The van der Waals surface area contributed by atoms with Gasteiger partial charge in [0.1, 0.15) is 0 Å². The van der Waals surface area contributed by atoms with Crippen molar-refractivity contribution < 1.29 is 9.90 Å². The quantitative estimate of drug-likeness (QED) is 0.554. The maximum Gasteiger partial charge on any atom is 0.182 e. The topological polar surface area (TPSA) is 37.3 Å². The Kier molecular flexibility index (Phi) is 4.29. The van der Waals surface area contributed by atoms with Crippen LogP contribution in [0.1, 0.15) is 38.7 Å². The standard InChI is InChI=1S/C19H21IO2/c1-12-16(10-13-6-8-15(20)9-7-13)17(21)11-14-4-3-5-18(22)19(12,14)2/h6-12,18,22H,3-5H2,1-2H3/t12-,18-,19-/m0/s1. The van der Waals surface area contributed by atoms with Gasteiger partial charge in [0.2, 0.25) is 0 Å². The number of hydrogen-bond donors (Lipinski definition) is 1. The zero-order valence-electron chi connectivity index (χ0n) is 13.0. The van der Waals surface area contributed by atoms with Crippen molar-refractivity contribution in [2.45, 2.75) is 39.2 Å². The molecule has 0 radical (unpaired) electrons. The monoisotopic (exact) mass is 408 g/mol. The Morgan fingerprint density at radius 3 is 2.68 bits per heavy atom. The SMILES string of the molecule is C[C@H]1C(=Cc2ccc(I)cc2)C(=O)C=C2CCC[C@H](O)[C@]21C. The molecule has 1 aromatic rings. The van der Waals surface area contributed by atoms with E-state index in [1.165, 1.54) is 3.57 Å². The van der Waals surface area contributed by atoms with Crippen molar-refractivity contribution in [1.29, 1.82) is 0 Å². The van der Waals surface area contributed by atoms with Crippen molar-refractivity contribution >= 4 is 34.5 Å². The van der Waals surface area contributed by atoms with Crippen molar-refractivity contribution in [3.63, 3.8) is 0 Å². The van der Waals surface area contributed by atoms with Crippen LogP contribution in [0.25, 0.3) is 6.08 Å². The Morgan fingerprint density at radius 1 is 1.32 bits per heavy atom. The molecule has 1 fully saturated rings. The van der Waals surface area contributed by atoms with Gasteiger partial charge in [0.15, 0.2) is 5.78 Å². The summed E-state index contributed by atoms with van der Waals surface area (Å²) in [5.74, 6) is 0.141. The summed E-state index contributed by atoms with van der Waals surface area (Å²) in [6, 6.07) is 8.16. The molecule has 116 valence electrons. The Bertz CT molecular complexity index is 657. The summed E-state index contributed by atoms with van der Waals surface area (Å²) in [6.07, 6.45) is 6.13. The van der Waals surface area contributed by atoms with Gasteiger partial charge in [-0.3, -0.25) is 4.79 Å². The van der Waals surface area contributed by atoms with Gasteiger partial charge >= 0.3 is 0 Å². The van der Waals surface area contributed by atoms with Crippen LogP contribution < -0.4 is 0 Å². The van der Waals surface area contributed by atoms with Crippen molar-refractivity contribution in [2.24, 2.45) is 11.3 Å². The first-order valence-corrected chi connectivity index (χ1v) is 8.91. The Balaban J connectivity index is 2.04. The predicted molar refractivity (Wildman–Crippen MR) is 97.4 cm³/mol. The largest absolute Gasteiger partial charge is 0.392 e. The van der Waals surface area contributed by atoms with Gasteiger partial charge in [0.05, 0.1) is 6.10 Å². The van der Waals surface area contributed by atoms with Crippen molar-refractivity contribution in [2.75, 3.05) is 0 Å². The summed E-state index contributed by atoms with van der Waals surface area (Å²) in [5.41, 5.74) is 2.68. The second-order valence-corrected chi connectivity index (χ2v) is 7.84. The van der Waals surface area contributed by atoms with Crippen LogP contribution in [0, 0.1) is 14.9 Å². The normalized spacial score (nSPS) is 33.5. The zero-order chi connectivity index (χ0) is 15.9. The summed E-state index contributed by atoms with van der Waals surface area (Å²) < 4.78 is 1.18. The molecule has 1 N–H and O–H groups in total. The fourth-order valence-electron chi connectivity index (χ4n) is 3.78. The fourth-order valence-corrected chi connectivity index (χ4v) is 4.14. The van der Waals surface area contributed by atoms with E-state index in [4.69, 9.17) is 0 Å². The number of carbonyl (C=O) groups excluding carboxylic acids is 1. The lowest BCUT2D eigenvalue weighted by Crippen LogP contribution is -2.46. The van der Waals surface area contributed by atoms with Gasteiger partial charge in [0, 0.05) is 14.6 Å². The third-order valence-corrected chi connectivity index (χ3v) is 6.18. The molecule has 0 unspecified atom stereocenters. The van der Waals surface area contributed by atoms with Gasteiger partial charge in [-0.1, -0.05) is 31.6 Å². The third-order valence-electron chi connectivity index (χ3n) is 5.46. The van der Waals surface area contributed by atoms with E-state index in [9.17, 15) is 9.90 Å². The Morgan fingerprint density at radius 2 is 2.00 bits per heavy atom. The molecule has 0 amide bonds. The van der Waals surface area contributed by atoms with Crippen LogP contribution in [0.3, 0.4) is 0 Å². The molecular weight excluding hydrogens is 387 g/mol. The van der Waals surface area contributed by atoms with E-state index in [1.807, 2.05) is 30.3 Å². The minimum atomic E-state index is -0.365. The lowest BCUT2D eigenvalue weighted by Gasteiger charge is -2.48. The van der Waals surface area contributed by atoms with E-state index in [-0.39, 0.29) is 23.2 Å². The molecule has 0 spiro atoms. The zero-order valence-corrected chi connectivity index (χ0v) is 15.1. The van der Waals surface area contributed by atoms with E-state index in [0.29, 0.717) is 0 Å². The number of rotatable bonds is 1. The average molecular weight is 408 g/mol. The molecule has 2 aliphatic rings. The molecule has 3 rings (SSSR count). The first kappa shape index (κ1) is 15.9. The van der Waals surface area contributed by atoms with Gasteiger partial charge in [-0.2, -0.15) is 0 Å². The maximum atomic E-state index is 12.6. The maximum absolute atomic E-state index is 12.6. The molecule has 1 aromatic carbocycles. The Hall–Kier alpha value is -0.940. The smallest absolute Gasteiger partial charge is 0.182 e. The third kappa shape index (κ3) is 2.58. The van der Waals surface area contributed by atoms with Crippen molar-refractivity contribution in [3.8, 4) is 0 Å². The van der Waals surface area contributed by atoms with Gasteiger partial charge in [-0.15, -0.1) is 0 Å². The molecule has 0 heterocycles. The van der Waals surface area contributed by atoms with Gasteiger partial charge in [-0.05, 0) is 77.6 Å². The van der Waals surface area contributed by atoms with E-state index in [2.05, 4.69) is 36.4 Å². The predicted octanol–water partition coefficient (Wildman–Crippen LogP) is 4.37. The number of ketones is 1. The van der Waals surface area contributed by atoms with Crippen molar-refractivity contribution in [1.82, 2.24) is 0 Å². The molecule has 1 saturated carbocycles. The molecule has 2 aliphatic carbocycles. The second kappa shape index (κ2) is 5.93. The van der Waals surface area contributed by atoms with Crippen LogP contribution in [0.2, 0.25) is 0 Å². The molecule has 3 atom stereocenters. The molecule has 2 nitrogen and oxygen atoms in total. The highest BCUT2D eigenvalue weighted by Gasteiger charge is 2.48. The first-order valence-electron chi connectivity index (χ1n) is 7.83. The minimum absolute atomic E-state index is 0.0366. The number of halogens is 1. The van der Waals surface area contributed by atoms with Gasteiger partial charge < -0.3 is 5.11 Å². The number of allylic oxidation sites excluding steroid dienone is 2. The van der Waals surface area contributed by atoms with Crippen LogP contribution in [-0.4, -0.2) is 17.0 Å². The summed E-state index contributed by atoms with van der Waals surface area (Å²) >= 11 is 2.27.